The van der Waals surface area contributed by atoms with E-state index in [2.05, 4.69) is 47.9 Å². The highest BCUT2D eigenvalue weighted by Crippen LogP contribution is 2.43. The van der Waals surface area contributed by atoms with Gasteiger partial charge in [0.25, 0.3) is 0 Å². The molecule has 0 bridgehead atoms. The second-order valence-corrected chi connectivity index (χ2v) is 6.61. The van der Waals surface area contributed by atoms with Crippen LogP contribution in [0.15, 0.2) is 12.3 Å². The van der Waals surface area contributed by atoms with Gasteiger partial charge in [-0.05, 0) is 45.6 Å². The van der Waals surface area contributed by atoms with Crippen molar-refractivity contribution in [3.05, 3.63) is 18.0 Å². The fourth-order valence-corrected chi connectivity index (χ4v) is 3.23. The molecule has 106 valence electrons. The zero-order valence-corrected chi connectivity index (χ0v) is 12.4. The topological polar surface area (TPSA) is 33.1 Å². The van der Waals surface area contributed by atoms with Crippen LogP contribution in [-0.4, -0.2) is 39.9 Å². The van der Waals surface area contributed by atoms with Gasteiger partial charge >= 0.3 is 0 Å². The third kappa shape index (κ3) is 2.56. The molecule has 1 saturated heterocycles. The predicted molar refractivity (Wildman–Crippen MR) is 77.0 cm³/mol. The monoisotopic (exact) mass is 262 g/mol. The molecule has 1 aromatic rings. The lowest BCUT2D eigenvalue weighted by atomic mass is 9.91. The molecule has 0 aromatic carbocycles. The van der Waals surface area contributed by atoms with Gasteiger partial charge in [0.2, 0.25) is 0 Å². The highest BCUT2D eigenvalue weighted by atomic mass is 15.3. The SMILES string of the molecule is CC(C)n1ccc(CN2CCNCC2(C)C2CC2)n1. The maximum absolute atomic E-state index is 4.70. The molecule has 0 spiro atoms. The van der Waals surface area contributed by atoms with E-state index in [0.717, 1.165) is 32.1 Å². The average Bonchev–Trinajstić information content (AvgIpc) is 3.13. The number of piperazine rings is 1. The van der Waals surface area contributed by atoms with Crippen molar-refractivity contribution in [2.45, 2.75) is 51.7 Å². The molecule has 4 heteroatoms. The molecular weight excluding hydrogens is 236 g/mol. The van der Waals surface area contributed by atoms with Crippen molar-refractivity contribution < 1.29 is 0 Å². The second kappa shape index (κ2) is 4.91. The summed E-state index contributed by atoms with van der Waals surface area (Å²) >= 11 is 0. The fourth-order valence-electron chi connectivity index (χ4n) is 3.23. The molecule has 19 heavy (non-hydrogen) atoms. The number of hydrogen-bond acceptors (Lipinski definition) is 3. The number of nitrogens with one attached hydrogen (secondary N) is 1. The molecule has 4 nitrogen and oxygen atoms in total. The zero-order valence-electron chi connectivity index (χ0n) is 12.4. The van der Waals surface area contributed by atoms with E-state index in [1.807, 2.05) is 0 Å². The maximum Gasteiger partial charge on any atom is 0.0765 e. The third-order valence-corrected chi connectivity index (χ3v) is 4.77. The Morgan fingerprint density at radius 1 is 1.47 bits per heavy atom. The van der Waals surface area contributed by atoms with Crippen LogP contribution < -0.4 is 5.32 Å². The Labute approximate surface area is 116 Å². The molecule has 1 aliphatic carbocycles. The summed E-state index contributed by atoms with van der Waals surface area (Å²) in [5.41, 5.74) is 1.54. The van der Waals surface area contributed by atoms with E-state index in [4.69, 9.17) is 5.10 Å². The number of nitrogens with zero attached hydrogens (tertiary/aromatic N) is 3. The third-order valence-electron chi connectivity index (χ3n) is 4.77. The molecule has 1 aromatic heterocycles. The normalized spacial score (nSPS) is 29.1. The summed E-state index contributed by atoms with van der Waals surface area (Å²) in [5, 5.41) is 8.27. The molecule has 1 atom stereocenters. The van der Waals surface area contributed by atoms with Gasteiger partial charge in [0.05, 0.1) is 5.69 Å². The first-order valence-electron chi connectivity index (χ1n) is 7.59. The van der Waals surface area contributed by atoms with Gasteiger partial charge in [-0.3, -0.25) is 9.58 Å². The summed E-state index contributed by atoms with van der Waals surface area (Å²) in [5.74, 6) is 0.882. The van der Waals surface area contributed by atoms with Crippen LogP contribution in [0, 0.1) is 5.92 Å². The molecule has 1 unspecified atom stereocenters. The van der Waals surface area contributed by atoms with Crippen molar-refractivity contribution in [1.29, 1.82) is 0 Å². The van der Waals surface area contributed by atoms with Crippen molar-refractivity contribution in [2.75, 3.05) is 19.6 Å². The van der Waals surface area contributed by atoms with Gasteiger partial charge in [-0.2, -0.15) is 5.10 Å². The summed E-state index contributed by atoms with van der Waals surface area (Å²) in [7, 11) is 0. The highest BCUT2D eigenvalue weighted by Gasteiger charge is 2.46. The average molecular weight is 262 g/mol. The van der Waals surface area contributed by atoms with E-state index in [9.17, 15) is 0 Å². The van der Waals surface area contributed by atoms with Crippen molar-refractivity contribution >= 4 is 0 Å². The van der Waals surface area contributed by atoms with Gasteiger partial charge in [0, 0.05) is 44.0 Å². The first-order chi connectivity index (χ1) is 9.09. The lowest BCUT2D eigenvalue weighted by molar-refractivity contribution is 0.0471. The number of rotatable bonds is 4. The number of hydrogen-bond donors (Lipinski definition) is 1. The summed E-state index contributed by atoms with van der Waals surface area (Å²) in [6.45, 7) is 11.1. The second-order valence-electron chi connectivity index (χ2n) is 6.61. The van der Waals surface area contributed by atoms with E-state index in [1.54, 1.807) is 0 Å². The van der Waals surface area contributed by atoms with E-state index in [0.29, 0.717) is 11.6 Å². The highest BCUT2D eigenvalue weighted by molar-refractivity contribution is 5.07. The van der Waals surface area contributed by atoms with Crippen LogP contribution in [-0.2, 0) is 6.54 Å². The molecule has 3 rings (SSSR count). The van der Waals surface area contributed by atoms with E-state index in [-0.39, 0.29) is 0 Å². The molecule has 2 heterocycles. The smallest absolute Gasteiger partial charge is 0.0765 e. The van der Waals surface area contributed by atoms with Gasteiger partial charge in [0.1, 0.15) is 0 Å². The molecule has 0 amide bonds. The van der Waals surface area contributed by atoms with Crippen LogP contribution in [0.2, 0.25) is 0 Å². The fraction of sp³-hybridized carbons (Fsp3) is 0.800. The van der Waals surface area contributed by atoms with Crippen molar-refractivity contribution in [3.63, 3.8) is 0 Å². The van der Waals surface area contributed by atoms with Gasteiger partial charge in [-0.1, -0.05) is 0 Å². The van der Waals surface area contributed by atoms with Crippen LogP contribution in [0.3, 0.4) is 0 Å². The molecule has 2 aliphatic rings. The lowest BCUT2D eigenvalue weighted by Gasteiger charge is -2.45. The summed E-state index contributed by atoms with van der Waals surface area (Å²) in [6.07, 6.45) is 4.90. The summed E-state index contributed by atoms with van der Waals surface area (Å²) < 4.78 is 2.06. The molecule has 1 saturated carbocycles. The van der Waals surface area contributed by atoms with E-state index < -0.39 is 0 Å². The standard InChI is InChI=1S/C15H26N4/c1-12(2)19-8-6-14(17-19)10-18-9-7-16-11-15(18,3)13-4-5-13/h6,8,12-13,16H,4-5,7,9-11H2,1-3H3. The van der Waals surface area contributed by atoms with Gasteiger partial charge in [-0.25, -0.2) is 0 Å². The Bertz CT molecular complexity index is 435. The molecule has 0 radical (unpaired) electrons. The maximum atomic E-state index is 4.70. The molecule has 1 N–H and O–H groups in total. The van der Waals surface area contributed by atoms with Crippen LogP contribution in [0.5, 0.6) is 0 Å². The summed E-state index contributed by atoms with van der Waals surface area (Å²) in [6, 6.07) is 2.63. The predicted octanol–water partition coefficient (Wildman–Crippen LogP) is 2.04. The molecule has 1 aliphatic heterocycles. The van der Waals surface area contributed by atoms with Gasteiger partial charge < -0.3 is 5.32 Å². The quantitative estimate of drug-likeness (QED) is 0.901. The minimum atomic E-state index is 0.333. The Kier molecular flexibility index (Phi) is 3.39. The van der Waals surface area contributed by atoms with E-state index in [1.165, 1.54) is 18.5 Å². The Morgan fingerprint density at radius 2 is 2.26 bits per heavy atom. The largest absolute Gasteiger partial charge is 0.314 e. The lowest BCUT2D eigenvalue weighted by Crippen LogP contribution is -2.60. The zero-order chi connectivity index (χ0) is 13.5. The molecular formula is C15H26N4. The Balaban J connectivity index is 1.72. The summed E-state index contributed by atoms with van der Waals surface area (Å²) in [4.78, 5) is 2.65. The Morgan fingerprint density at radius 3 is 2.89 bits per heavy atom. The van der Waals surface area contributed by atoms with E-state index >= 15 is 0 Å². The first kappa shape index (κ1) is 13.1. The molecule has 2 fully saturated rings. The minimum absolute atomic E-state index is 0.333. The van der Waals surface area contributed by atoms with Gasteiger partial charge in [-0.15, -0.1) is 0 Å². The Hall–Kier alpha value is -0.870. The van der Waals surface area contributed by atoms with Crippen molar-refractivity contribution in [2.24, 2.45) is 5.92 Å². The van der Waals surface area contributed by atoms with Crippen LogP contribution in [0.4, 0.5) is 0 Å². The van der Waals surface area contributed by atoms with Crippen molar-refractivity contribution in [1.82, 2.24) is 20.0 Å². The van der Waals surface area contributed by atoms with Crippen LogP contribution in [0.1, 0.15) is 45.3 Å². The van der Waals surface area contributed by atoms with Crippen molar-refractivity contribution in [3.8, 4) is 0 Å². The van der Waals surface area contributed by atoms with Gasteiger partial charge in [0.15, 0.2) is 0 Å². The van der Waals surface area contributed by atoms with Crippen LogP contribution >= 0.6 is 0 Å². The number of aromatic nitrogens is 2. The minimum Gasteiger partial charge on any atom is -0.314 e. The van der Waals surface area contributed by atoms with Crippen LogP contribution in [0.25, 0.3) is 0 Å². The first-order valence-corrected chi connectivity index (χ1v) is 7.59.